The standard InChI is InChI=1S/C20H17ClN2O4/c1-12-18(20(24)22-8-7-13-3-2-4-15(21)9-13)19(27-23-12)14-5-6-16-17(10-14)26-11-25-16/h2-6,9-10H,7-8,11H2,1H3,(H,22,24). The molecule has 4 rings (SSSR count). The van der Waals surface area contributed by atoms with Crippen molar-refractivity contribution in [2.45, 2.75) is 13.3 Å². The van der Waals surface area contributed by atoms with Gasteiger partial charge in [0.15, 0.2) is 17.3 Å². The van der Waals surface area contributed by atoms with Gasteiger partial charge in [-0.15, -0.1) is 0 Å². The molecule has 1 aliphatic heterocycles. The molecule has 1 amide bonds. The van der Waals surface area contributed by atoms with Gasteiger partial charge >= 0.3 is 0 Å². The molecule has 0 saturated carbocycles. The van der Waals surface area contributed by atoms with Gasteiger partial charge in [-0.1, -0.05) is 28.9 Å². The monoisotopic (exact) mass is 384 g/mol. The Morgan fingerprint density at radius 3 is 2.89 bits per heavy atom. The van der Waals surface area contributed by atoms with Crippen LogP contribution in [0.4, 0.5) is 0 Å². The van der Waals surface area contributed by atoms with E-state index < -0.39 is 0 Å². The van der Waals surface area contributed by atoms with Crippen LogP contribution in [0.3, 0.4) is 0 Å². The normalized spacial score (nSPS) is 12.2. The van der Waals surface area contributed by atoms with Gasteiger partial charge in [-0.25, -0.2) is 0 Å². The number of amides is 1. The smallest absolute Gasteiger partial charge is 0.257 e. The van der Waals surface area contributed by atoms with E-state index in [0.29, 0.717) is 52.1 Å². The zero-order valence-corrected chi connectivity index (χ0v) is 15.4. The molecule has 0 bridgehead atoms. The van der Waals surface area contributed by atoms with Crippen molar-refractivity contribution in [2.75, 3.05) is 13.3 Å². The first kappa shape index (κ1) is 17.4. The van der Waals surface area contributed by atoms with Crippen molar-refractivity contribution in [3.05, 3.63) is 64.3 Å². The summed E-state index contributed by atoms with van der Waals surface area (Å²) >= 11 is 5.99. The molecule has 2 heterocycles. The number of hydrogen-bond acceptors (Lipinski definition) is 5. The molecular formula is C20H17ClN2O4. The molecule has 0 aliphatic carbocycles. The van der Waals surface area contributed by atoms with Crippen LogP contribution >= 0.6 is 11.6 Å². The van der Waals surface area contributed by atoms with E-state index in [9.17, 15) is 4.79 Å². The third-order valence-electron chi connectivity index (χ3n) is 4.31. The highest BCUT2D eigenvalue weighted by atomic mass is 35.5. The number of carbonyl (C=O) groups is 1. The average Bonchev–Trinajstić information content (AvgIpc) is 3.27. The van der Waals surface area contributed by atoms with E-state index in [2.05, 4.69) is 10.5 Å². The topological polar surface area (TPSA) is 73.6 Å². The summed E-state index contributed by atoms with van der Waals surface area (Å²) < 4.78 is 16.1. The summed E-state index contributed by atoms with van der Waals surface area (Å²) in [7, 11) is 0. The van der Waals surface area contributed by atoms with Crippen LogP contribution in [0, 0.1) is 6.92 Å². The predicted molar refractivity (Wildman–Crippen MR) is 100 cm³/mol. The van der Waals surface area contributed by atoms with Crippen molar-refractivity contribution in [3.8, 4) is 22.8 Å². The molecule has 0 atom stereocenters. The Labute approximate surface area is 161 Å². The summed E-state index contributed by atoms with van der Waals surface area (Å²) in [5.74, 6) is 1.46. The molecular weight excluding hydrogens is 368 g/mol. The molecule has 2 aromatic carbocycles. The highest BCUT2D eigenvalue weighted by molar-refractivity contribution is 6.30. The lowest BCUT2D eigenvalue weighted by molar-refractivity contribution is 0.0954. The van der Waals surface area contributed by atoms with Gasteiger partial charge in [-0.3, -0.25) is 4.79 Å². The molecule has 1 N–H and O–H groups in total. The minimum Gasteiger partial charge on any atom is -0.454 e. The quantitative estimate of drug-likeness (QED) is 0.719. The fraction of sp³-hybridized carbons (Fsp3) is 0.200. The fourth-order valence-electron chi connectivity index (χ4n) is 2.97. The first-order valence-corrected chi connectivity index (χ1v) is 8.88. The number of nitrogens with one attached hydrogen (secondary N) is 1. The second kappa shape index (κ2) is 7.32. The summed E-state index contributed by atoms with van der Waals surface area (Å²) in [6.45, 7) is 2.40. The number of carbonyl (C=O) groups excluding carboxylic acids is 1. The third kappa shape index (κ3) is 3.61. The van der Waals surface area contributed by atoms with Crippen molar-refractivity contribution in [3.63, 3.8) is 0 Å². The van der Waals surface area contributed by atoms with Crippen molar-refractivity contribution in [2.24, 2.45) is 0 Å². The molecule has 0 radical (unpaired) electrons. The van der Waals surface area contributed by atoms with Crippen LogP contribution in [0.2, 0.25) is 5.02 Å². The van der Waals surface area contributed by atoms with Crippen molar-refractivity contribution in [1.29, 1.82) is 0 Å². The highest BCUT2D eigenvalue weighted by Crippen LogP contribution is 2.37. The van der Waals surface area contributed by atoms with Crippen LogP contribution in [0.1, 0.15) is 21.6 Å². The number of fused-ring (bicyclic) bond motifs is 1. The van der Waals surface area contributed by atoms with E-state index in [0.717, 1.165) is 5.56 Å². The summed E-state index contributed by atoms with van der Waals surface area (Å²) in [6, 6.07) is 13.0. The number of hydrogen-bond donors (Lipinski definition) is 1. The minimum atomic E-state index is -0.233. The Kier molecular flexibility index (Phi) is 4.73. The van der Waals surface area contributed by atoms with Gasteiger partial charge in [0, 0.05) is 17.1 Å². The predicted octanol–water partition coefficient (Wildman–Crippen LogP) is 4.00. The molecule has 1 aromatic heterocycles. The van der Waals surface area contributed by atoms with Gasteiger partial charge in [-0.05, 0) is 49.2 Å². The van der Waals surface area contributed by atoms with E-state index >= 15 is 0 Å². The summed E-state index contributed by atoms with van der Waals surface area (Å²) in [5.41, 5.74) is 2.71. The van der Waals surface area contributed by atoms with E-state index in [-0.39, 0.29) is 12.7 Å². The van der Waals surface area contributed by atoms with Crippen LogP contribution in [0.25, 0.3) is 11.3 Å². The lowest BCUT2D eigenvalue weighted by Gasteiger charge is -2.07. The Morgan fingerprint density at radius 2 is 2.04 bits per heavy atom. The number of aromatic nitrogens is 1. The molecule has 0 fully saturated rings. The number of nitrogens with zero attached hydrogens (tertiary/aromatic N) is 1. The van der Waals surface area contributed by atoms with Crippen molar-refractivity contribution in [1.82, 2.24) is 10.5 Å². The van der Waals surface area contributed by atoms with Crippen molar-refractivity contribution >= 4 is 17.5 Å². The Bertz CT molecular complexity index is 999. The van der Waals surface area contributed by atoms with Crippen LogP contribution in [0.15, 0.2) is 47.0 Å². The van der Waals surface area contributed by atoms with Crippen LogP contribution in [-0.2, 0) is 6.42 Å². The molecule has 6 nitrogen and oxygen atoms in total. The second-order valence-electron chi connectivity index (χ2n) is 6.18. The van der Waals surface area contributed by atoms with Crippen LogP contribution in [-0.4, -0.2) is 24.4 Å². The van der Waals surface area contributed by atoms with E-state index in [1.165, 1.54) is 0 Å². The first-order chi connectivity index (χ1) is 13.1. The largest absolute Gasteiger partial charge is 0.454 e. The lowest BCUT2D eigenvalue weighted by atomic mass is 10.1. The second-order valence-corrected chi connectivity index (χ2v) is 6.61. The number of halogens is 1. The van der Waals surface area contributed by atoms with Crippen LogP contribution in [0.5, 0.6) is 11.5 Å². The minimum absolute atomic E-state index is 0.186. The molecule has 3 aromatic rings. The zero-order valence-electron chi connectivity index (χ0n) is 14.6. The summed E-state index contributed by atoms with van der Waals surface area (Å²) in [4.78, 5) is 12.7. The van der Waals surface area contributed by atoms with E-state index in [1.807, 2.05) is 30.3 Å². The van der Waals surface area contributed by atoms with Crippen LogP contribution < -0.4 is 14.8 Å². The molecule has 0 unspecified atom stereocenters. The molecule has 1 aliphatic rings. The van der Waals surface area contributed by atoms with Gasteiger partial charge in [-0.2, -0.15) is 0 Å². The SMILES string of the molecule is Cc1noc(-c2ccc3c(c2)OCO3)c1C(=O)NCCc1cccc(Cl)c1. The Balaban J connectivity index is 1.50. The molecule has 138 valence electrons. The molecule has 27 heavy (non-hydrogen) atoms. The maximum atomic E-state index is 12.7. The van der Waals surface area contributed by atoms with Gasteiger partial charge in [0.05, 0.1) is 5.69 Å². The molecule has 0 saturated heterocycles. The highest BCUT2D eigenvalue weighted by Gasteiger charge is 2.23. The van der Waals surface area contributed by atoms with Gasteiger partial charge in [0.1, 0.15) is 5.56 Å². The van der Waals surface area contributed by atoms with Gasteiger partial charge < -0.3 is 19.3 Å². The molecule has 0 spiro atoms. The Hall–Kier alpha value is -2.99. The van der Waals surface area contributed by atoms with E-state index in [4.69, 9.17) is 25.6 Å². The van der Waals surface area contributed by atoms with E-state index in [1.54, 1.807) is 19.1 Å². The number of rotatable bonds is 5. The van der Waals surface area contributed by atoms with Gasteiger partial charge in [0.2, 0.25) is 6.79 Å². The fourth-order valence-corrected chi connectivity index (χ4v) is 3.19. The molecule has 7 heteroatoms. The van der Waals surface area contributed by atoms with Crippen molar-refractivity contribution < 1.29 is 18.8 Å². The maximum absolute atomic E-state index is 12.7. The third-order valence-corrected chi connectivity index (χ3v) is 4.55. The zero-order chi connectivity index (χ0) is 18.8. The number of ether oxygens (including phenoxy) is 2. The maximum Gasteiger partial charge on any atom is 0.257 e. The Morgan fingerprint density at radius 1 is 1.19 bits per heavy atom. The lowest BCUT2D eigenvalue weighted by Crippen LogP contribution is -2.26. The summed E-state index contributed by atoms with van der Waals surface area (Å²) in [5, 5.41) is 7.56. The number of benzene rings is 2. The van der Waals surface area contributed by atoms with Gasteiger partial charge in [0.25, 0.3) is 5.91 Å². The summed E-state index contributed by atoms with van der Waals surface area (Å²) in [6.07, 6.45) is 0.677. The first-order valence-electron chi connectivity index (χ1n) is 8.51. The average molecular weight is 385 g/mol. The number of aryl methyl sites for hydroxylation is 1.